The normalized spacial score (nSPS) is 24.7. The van der Waals surface area contributed by atoms with Crippen molar-refractivity contribution < 1.29 is 24.8 Å². The second-order valence-corrected chi connectivity index (χ2v) is 8.74. The molecule has 0 aromatic heterocycles. The van der Waals surface area contributed by atoms with E-state index in [1.54, 1.807) is 0 Å². The monoisotopic (exact) mass is 428 g/mol. The number of hydrogen-bond acceptors (Lipinski definition) is 5. The van der Waals surface area contributed by atoms with Crippen molar-refractivity contribution in [3.63, 3.8) is 0 Å². The summed E-state index contributed by atoms with van der Waals surface area (Å²) in [4.78, 5) is 0. The van der Waals surface area contributed by atoms with Gasteiger partial charge in [0.15, 0.2) is 0 Å². The van der Waals surface area contributed by atoms with Gasteiger partial charge in [0.25, 0.3) is 0 Å². The Bertz CT molecular complexity index is 401. The van der Waals surface area contributed by atoms with E-state index in [9.17, 15) is 10.2 Å². The van der Waals surface area contributed by atoms with Crippen molar-refractivity contribution in [3.8, 4) is 0 Å². The molecule has 0 aromatic rings. The molecule has 0 amide bonds. The maximum Gasteiger partial charge on any atom is 0.114 e. The highest BCUT2D eigenvalue weighted by Gasteiger charge is 2.38. The molecule has 1 rings (SSSR count). The Hall–Kier alpha value is -0.460. The number of aliphatic hydroxyl groups excluding tert-OH is 3. The lowest BCUT2D eigenvalue weighted by atomic mass is 10.0. The second-order valence-electron chi connectivity index (χ2n) is 8.74. The largest absolute Gasteiger partial charge is 0.394 e. The zero-order chi connectivity index (χ0) is 21.9. The maximum atomic E-state index is 10.1. The van der Waals surface area contributed by atoms with Crippen LogP contribution in [-0.2, 0) is 9.47 Å². The summed E-state index contributed by atoms with van der Waals surface area (Å²) in [5.41, 5.74) is 0. The summed E-state index contributed by atoms with van der Waals surface area (Å²) < 4.78 is 10.8. The second kappa shape index (κ2) is 19.2. The molecule has 0 aliphatic carbocycles. The van der Waals surface area contributed by atoms with Crippen LogP contribution in [0.3, 0.4) is 0 Å². The van der Waals surface area contributed by atoms with Crippen LogP contribution in [0.5, 0.6) is 0 Å². The van der Waals surface area contributed by atoms with Crippen LogP contribution >= 0.6 is 0 Å². The molecule has 1 heterocycles. The minimum atomic E-state index is -0.979. The van der Waals surface area contributed by atoms with Crippen molar-refractivity contribution in [2.45, 2.75) is 128 Å². The average Bonchev–Trinajstić information content (AvgIpc) is 2.75. The number of unbranched alkanes of at least 4 members (excludes halogenated alkanes) is 13. The van der Waals surface area contributed by atoms with E-state index in [2.05, 4.69) is 19.1 Å². The van der Waals surface area contributed by atoms with Gasteiger partial charge >= 0.3 is 0 Å². The third kappa shape index (κ3) is 13.1. The fraction of sp³-hybridized carbons (Fsp3) is 0.920. The van der Waals surface area contributed by atoms with Gasteiger partial charge in [-0.15, -0.1) is 0 Å². The molecule has 0 bridgehead atoms. The molecule has 5 nitrogen and oxygen atoms in total. The minimum absolute atomic E-state index is 0.0940. The van der Waals surface area contributed by atoms with Gasteiger partial charge < -0.3 is 24.8 Å². The Kier molecular flexibility index (Phi) is 17.7. The van der Waals surface area contributed by atoms with Crippen molar-refractivity contribution >= 4 is 0 Å². The van der Waals surface area contributed by atoms with Gasteiger partial charge in [-0.05, 0) is 32.1 Å². The van der Waals surface area contributed by atoms with Crippen LogP contribution in [0.1, 0.15) is 103 Å². The summed E-state index contributed by atoms with van der Waals surface area (Å²) in [6, 6.07) is 0. The van der Waals surface area contributed by atoms with Gasteiger partial charge in [-0.2, -0.15) is 0 Å². The van der Waals surface area contributed by atoms with Crippen molar-refractivity contribution in [1.82, 2.24) is 0 Å². The molecule has 0 saturated carbocycles. The van der Waals surface area contributed by atoms with Crippen molar-refractivity contribution in [2.75, 3.05) is 19.8 Å². The summed E-state index contributed by atoms with van der Waals surface area (Å²) in [5, 5.41) is 29.1. The first-order valence-corrected chi connectivity index (χ1v) is 12.6. The predicted molar refractivity (Wildman–Crippen MR) is 123 cm³/mol. The van der Waals surface area contributed by atoms with E-state index < -0.39 is 24.4 Å². The number of hydrogen-bond donors (Lipinski definition) is 3. The van der Waals surface area contributed by atoms with E-state index in [0.717, 1.165) is 25.7 Å². The lowest BCUT2D eigenvalue weighted by Crippen LogP contribution is -2.55. The molecule has 0 aromatic carbocycles. The first-order chi connectivity index (χ1) is 14.7. The average molecular weight is 429 g/mol. The van der Waals surface area contributed by atoms with E-state index in [1.807, 2.05) is 0 Å². The topological polar surface area (TPSA) is 79.2 Å². The Morgan fingerprint density at radius 2 is 1.33 bits per heavy atom. The third-order valence-electron chi connectivity index (χ3n) is 5.97. The van der Waals surface area contributed by atoms with Crippen LogP contribution in [-0.4, -0.2) is 59.6 Å². The van der Waals surface area contributed by atoms with Gasteiger partial charge in [-0.3, -0.25) is 0 Å². The summed E-state index contributed by atoms with van der Waals surface area (Å²) in [7, 11) is 0. The van der Waals surface area contributed by atoms with E-state index in [0.29, 0.717) is 6.61 Å². The maximum absolute atomic E-state index is 10.1. The van der Waals surface area contributed by atoms with Gasteiger partial charge in [0, 0.05) is 6.61 Å². The molecular formula is C25H48O5. The Morgan fingerprint density at radius 3 is 1.90 bits per heavy atom. The number of allylic oxidation sites excluding steroid dienone is 2. The first kappa shape index (κ1) is 27.6. The lowest BCUT2D eigenvalue weighted by molar-refractivity contribution is -0.210. The fourth-order valence-corrected chi connectivity index (χ4v) is 3.97. The Balaban J connectivity index is 1.86. The highest BCUT2D eigenvalue weighted by atomic mass is 16.6. The van der Waals surface area contributed by atoms with E-state index in [-0.39, 0.29) is 13.2 Å². The zero-order valence-corrected chi connectivity index (χ0v) is 19.4. The van der Waals surface area contributed by atoms with Crippen LogP contribution in [0.15, 0.2) is 12.2 Å². The molecule has 1 saturated heterocycles. The predicted octanol–water partition coefficient (Wildman–Crippen LogP) is 4.91. The Morgan fingerprint density at radius 1 is 0.800 bits per heavy atom. The molecule has 4 atom stereocenters. The number of aliphatic hydroxyl groups is 3. The van der Waals surface area contributed by atoms with Gasteiger partial charge in [0.05, 0.1) is 13.2 Å². The van der Waals surface area contributed by atoms with Crippen molar-refractivity contribution in [3.05, 3.63) is 12.2 Å². The molecule has 1 fully saturated rings. The quantitative estimate of drug-likeness (QED) is 0.201. The van der Waals surface area contributed by atoms with E-state index >= 15 is 0 Å². The lowest BCUT2D eigenvalue weighted by Gasteiger charge is -2.37. The molecule has 0 unspecified atom stereocenters. The number of ether oxygens (including phenoxy) is 2. The smallest absolute Gasteiger partial charge is 0.114 e. The third-order valence-corrected chi connectivity index (χ3v) is 5.97. The van der Waals surface area contributed by atoms with Gasteiger partial charge in [-0.25, -0.2) is 0 Å². The summed E-state index contributed by atoms with van der Waals surface area (Å²) >= 11 is 0. The van der Waals surface area contributed by atoms with Crippen LogP contribution in [0, 0.1) is 0 Å². The van der Waals surface area contributed by atoms with Gasteiger partial charge in [0.1, 0.15) is 24.4 Å². The van der Waals surface area contributed by atoms with Gasteiger partial charge in [0.2, 0.25) is 0 Å². The molecular weight excluding hydrogens is 380 g/mol. The molecule has 5 heteroatoms. The Labute approximate surface area is 184 Å². The highest BCUT2D eigenvalue weighted by molar-refractivity contribution is 4.87. The molecule has 0 radical (unpaired) electrons. The summed E-state index contributed by atoms with van der Waals surface area (Å²) in [6.07, 6.45) is 20.8. The molecule has 1 aliphatic heterocycles. The van der Waals surface area contributed by atoms with Gasteiger partial charge in [-0.1, -0.05) is 83.3 Å². The molecule has 0 spiro atoms. The summed E-state index contributed by atoms with van der Waals surface area (Å²) in [5.74, 6) is 0. The number of rotatable bonds is 19. The fourth-order valence-electron chi connectivity index (χ4n) is 3.97. The minimum Gasteiger partial charge on any atom is -0.394 e. The molecule has 1 aliphatic rings. The van der Waals surface area contributed by atoms with Crippen LogP contribution < -0.4 is 0 Å². The van der Waals surface area contributed by atoms with Crippen molar-refractivity contribution in [2.24, 2.45) is 0 Å². The summed E-state index contributed by atoms with van der Waals surface area (Å²) in [6.45, 7) is 2.61. The highest BCUT2D eigenvalue weighted by Crippen LogP contribution is 2.19. The zero-order valence-electron chi connectivity index (χ0n) is 19.4. The van der Waals surface area contributed by atoms with E-state index in [1.165, 1.54) is 70.6 Å². The van der Waals surface area contributed by atoms with Crippen LogP contribution in [0.2, 0.25) is 0 Å². The van der Waals surface area contributed by atoms with Crippen LogP contribution in [0.4, 0.5) is 0 Å². The van der Waals surface area contributed by atoms with Crippen LogP contribution in [0.25, 0.3) is 0 Å². The first-order valence-electron chi connectivity index (χ1n) is 12.6. The van der Waals surface area contributed by atoms with Crippen molar-refractivity contribution in [1.29, 1.82) is 0 Å². The SMILES string of the molecule is CCCCCCCCCCCC/C=C/CCCCCO[C@@H]1[C@@H](O)[C@H](CO)OC[C@H]1O. The molecule has 178 valence electrons. The standard InChI is InChI=1S/C25H48O5/c1-2-3-4-5-6-7-8-9-10-11-12-13-14-15-16-17-18-19-29-25-22(27)21-30-23(20-26)24(25)28/h13-14,22-28H,2-12,15-21H2,1H3/b14-13+/t22-,23+,24+,25+/m1/s1. The molecule has 3 N–H and O–H groups in total. The van der Waals surface area contributed by atoms with E-state index in [4.69, 9.17) is 14.6 Å². The molecule has 30 heavy (non-hydrogen) atoms.